The predicted molar refractivity (Wildman–Crippen MR) is 82.6 cm³/mol. The van der Waals surface area contributed by atoms with Crippen molar-refractivity contribution < 1.29 is 14.6 Å². The molecule has 112 valence electrons. The summed E-state index contributed by atoms with van der Waals surface area (Å²) in [5.74, 6) is -0.948. The summed E-state index contributed by atoms with van der Waals surface area (Å²) in [6.07, 6.45) is 0.653. The van der Waals surface area contributed by atoms with Crippen molar-refractivity contribution in [3.63, 3.8) is 0 Å². The monoisotopic (exact) mass is 325 g/mol. The van der Waals surface area contributed by atoms with E-state index in [1.807, 2.05) is 17.5 Å². The minimum atomic E-state index is -1.12. The van der Waals surface area contributed by atoms with Gasteiger partial charge in [0.2, 0.25) is 0 Å². The molecule has 0 atom stereocenters. The average Bonchev–Trinajstić information content (AvgIpc) is 2.89. The molecule has 3 rings (SSSR count). The number of carbonyl (C=O) groups is 1. The number of thiazole rings is 1. The molecule has 0 saturated heterocycles. The van der Waals surface area contributed by atoms with Gasteiger partial charge in [-0.15, -0.1) is 11.3 Å². The number of hydrogen-bond donors (Lipinski definition) is 1. The van der Waals surface area contributed by atoms with E-state index in [1.54, 1.807) is 5.51 Å². The van der Waals surface area contributed by atoms with Gasteiger partial charge in [0.05, 0.1) is 17.8 Å². The minimum Gasteiger partial charge on any atom is -0.479 e. The molecule has 1 aromatic rings. The fourth-order valence-corrected chi connectivity index (χ4v) is 2.46. The Labute approximate surface area is 131 Å². The summed E-state index contributed by atoms with van der Waals surface area (Å²) in [6, 6.07) is 6.05. The van der Waals surface area contributed by atoms with Crippen LogP contribution in [0.15, 0.2) is 29.1 Å². The zero-order chi connectivity index (χ0) is 15.5. The van der Waals surface area contributed by atoms with Gasteiger partial charge in [0.15, 0.2) is 5.60 Å². The molecule has 1 heterocycles. The minimum absolute atomic E-state index is 0.378. The Morgan fingerprint density at radius 1 is 1.48 bits per heavy atom. The van der Waals surface area contributed by atoms with Crippen molar-refractivity contribution in [2.45, 2.75) is 25.9 Å². The number of aliphatic carboxylic acids is 1. The van der Waals surface area contributed by atoms with Crippen LogP contribution in [0.3, 0.4) is 0 Å². The van der Waals surface area contributed by atoms with Gasteiger partial charge >= 0.3 is 5.97 Å². The fraction of sp³-hybridized carbons (Fsp3) is 0.333. The number of rotatable bonds is 5. The molecule has 4 nitrogen and oxygen atoms in total. The van der Waals surface area contributed by atoms with Crippen molar-refractivity contribution in [2.75, 3.05) is 6.61 Å². The first kappa shape index (κ1) is 15.9. The molecule has 21 heavy (non-hydrogen) atoms. The van der Waals surface area contributed by atoms with Gasteiger partial charge in [0.25, 0.3) is 0 Å². The van der Waals surface area contributed by atoms with Crippen LogP contribution in [0.1, 0.15) is 19.5 Å². The first-order valence-corrected chi connectivity index (χ1v) is 7.76. The highest BCUT2D eigenvalue weighted by Gasteiger charge is 2.27. The van der Waals surface area contributed by atoms with Crippen molar-refractivity contribution >= 4 is 28.9 Å². The van der Waals surface area contributed by atoms with Crippen LogP contribution in [0, 0.1) is 10.4 Å². The van der Waals surface area contributed by atoms with E-state index in [9.17, 15) is 4.79 Å². The second-order valence-electron chi connectivity index (χ2n) is 5.09. The van der Waals surface area contributed by atoms with Gasteiger partial charge < -0.3 is 9.84 Å². The van der Waals surface area contributed by atoms with Crippen molar-refractivity contribution in [1.82, 2.24) is 4.98 Å². The summed E-state index contributed by atoms with van der Waals surface area (Å²) >= 11 is 7.12. The molecule has 0 bridgehead atoms. The third-order valence-corrected chi connectivity index (χ3v) is 4.05. The van der Waals surface area contributed by atoms with E-state index in [0.717, 1.165) is 10.7 Å². The highest BCUT2D eigenvalue weighted by Crippen LogP contribution is 2.20. The molecule has 0 aliphatic heterocycles. The molecular formula is C15H16ClNO3S. The molecule has 0 aromatic carbocycles. The highest BCUT2D eigenvalue weighted by molar-refractivity contribution is 7.07. The third kappa shape index (κ3) is 4.03. The maximum absolute atomic E-state index is 10.7. The van der Waals surface area contributed by atoms with Crippen molar-refractivity contribution in [1.29, 1.82) is 0 Å². The molecule has 0 saturated carbocycles. The van der Waals surface area contributed by atoms with E-state index >= 15 is 0 Å². The number of halogens is 1. The molecule has 0 amide bonds. The number of hydrogen-bond acceptors (Lipinski definition) is 4. The maximum Gasteiger partial charge on any atom is 0.335 e. The Morgan fingerprint density at radius 2 is 2.24 bits per heavy atom. The molecule has 2 aliphatic rings. The summed E-state index contributed by atoms with van der Waals surface area (Å²) in [4.78, 5) is 14.7. The van der Waals surface area contributed by atoms with Gasteiger partial charge in [0, 0.05) is 22.0 Å². The van der Waals surface area contributed by atoms with Crippen LogP contribution in [0.2, 0.25) is 5.02 Å². The number of carboxylic acid groups (broad SMARTS) is 1. The number of aromatic nitrogens is 1. The Kier molecular flexibility index (Phi) is 4.98. The molecular weight excluding hydrogens is 310 g/mol. The van der Waals surface area contributed by atoms with E-state index in [2.05, 4.69) is 11.1 Å². The van der Waals surface area contributed by atoms with Gasteiger partial charge in [0.1, 0.15) is 0 Å². The number of nitrogens with zero attached hydrogens (tertiary/aromatic N) is 1. The Bertz CT molecular complexity index is 713. The normalized spacial score (nSPS) is 11.6. The zero-order valence-electron chi connectivity index (χ0n) is 11.8. The van der Waals surface area contributed by atoms with E-state index < -0.39 is 11.6 Å². The third-order valence-electron chi connectivity index (χ3n) is 3.10. The molecule has 0 unspecified atom stereocenters. The Morgan fingerprint density at radius 3 is 2.57 bits per heavy atom. The number of benzene rings is 1. The van der Waals surface area contributed by atoms with Crippen LogP contribution >= 0.6 is 22.9 Å². The average molecular weight is 326 g/mol. The second kappa shape index (κ2) is 6.56. The lowest BCUT2D eigenvalue weighted by Gasteiger charge is -2.19. The lowest BCUT2D eigenvalue weighted by atomic mass is 10.1. The molecule has 0 radical (unpaired) electrons. The summed E-state index contributed by atoms with van der Waals surface area (Å²) in [7, 11) is 0. The molecule has 6 heteroatoms. The summed E-state index contributed by atoms with van der Waals surface area (Å²) in [5.41, 5.74) is 1.57. The topological polar surface area (TPSA) is 59.4 Å². The van der Waals surface area contributed by atoms with Crippen LogP contribution in [-0.4, -0.2) is 28.3 Å². The number of carboxylic acids is 1. The van der Waals surface area contributed by atoms with E-state index in [-0.39, 0.29) is 0 Å². The molecule has 1 aromatic heterocycles. The van der Waals surface area contributed by atoms with Crippen molar-refractivity contribution in [3.8, 4) is 0 Å². The highest BCUT2D eigenvalue weighted by atomic mass is 35.5. The summed E-state index contributed by atoms with van der Waals surface area (Å²) in [5, 5.41) is 14.1. The molecule has 2 aliphatic carbocycles. The van der Waals surface area contributed by atoms with Crippen LogP contribution in [0.5, 0.6) is 0 Å². The molecule has 1 N–H and O–H groups in total. The quantitative estimate of drug-likeness (QED) is 0.780. The van der Waals surface area contributed by atoms with Crippen molar-refractivity contribution in [3.05, 3.63) is 50.2 Å². The summed E-state index contributed by atoms with van der Waals surface area (Å²) < 4.78 is 5.23. The first-order chi connectivity index (χ1) is 9.90. The molecule has 0 spiro atoms. The Hall–Kier alpha value is -1.43. The van der Waals surface area contributed by atoms with Gasteiger partial charge in [-0.2, -0.15) is 0 Å². The van der Waals surface area contributed by atoms with Crippen LogP contribution in [-0.2, 0) is 16.0 Å². The lowest BCUT2D eigenvalue weighted by Crippen LogP contribution is -2.35. The van der Waals surface area contributed by atoms with E-state index in [1.165, 1.54) is 35.6 Å². The Balaban J connectivity index is 0.000000189. The van der Waals surface area contributed by atoms with Crippen LogP contribution in [0.25, 0.3) is 0 Å². The summed E-state index contributed by atoms with van der Waals surface area (Å²) in [6.45, 7) is 3.45. The largest absolute Gasteiger partial charge is 0.479 e. The molecule has 0 fully saturated rings. The standard InChI is InChI=1S/C9H13NO3S.C6H3Cl/c1-9(2,8(11)12)13-4-3-7-5-14-6-10-7;7-6-3-4-1-2-5(4)6/h5-6H,3-4H2,1-2H3,(H,11,12);1-3H. The second-order valence-corrected chi connectivity index (χ2v) is 6.21. The van der Waals surface area contributed by atoms with Gasteiger partial charge in [-0.05, 0) is 25.1 Å². The van der Waals surface area contributed by atoms with Crippen LogP contribution in [0.4, 0.5) is 0 Å². The fourth-order valence-electron chi connectivity index (χ4n) is 1.58. The van der Waals surface area contributed by atoms with E-state index in [4.69, 9.17) is 21.4 Å². The smallest absolute Gasteiger partial charge is 0.335 e. The zero-order valence-corrected chi connectivity index (χ0v) is 13.4. The van der Waals surface area contributed by atoms with Crippen LogP contribution < -0.4 is 0 Å². The van der Waals surface area contributed by atoms with E-state index in [0.29, 0.717) is 13.0 Å². The van der Waals surface area contributed by atoms with Gasteiger partial charge in [-0.25, -0.2) is 9.78 Å². The lowest BCUT2D eigenvalue weighted by molar-refractivity contribution is -0.161. The van der Waals surface area contributed by atoms with Crippen molar-refractivity contribution in [2.24, 2.45) is 0 Å². The maximum atomic E-state index is 10.7. The first-order valence-electron chi connectivity index (χ1n) is 6.44. The van der Waals surface area contributed by atoms with Gasteiger partial charge in [-0.3, -0.25) is 0 Å². The SMILES string of the molecule is CC(C)(OCCc1cscn1)C(=O)O.Clc1cc2ccc1=2. The van der Waals surface area contributed by atoms with Gasteiger partial charge in [-0.1, -0.05) is 23.7 Å². The number of ether oxygens (including phenoxy) is 1. The predicted octanol–water partition coefficient (Wildman–Crippen LogP) is 3.51.